The molecule has 0 aliphatic carbocycles. The van der Waals surface area contributed by atoms with Gasteiger partial charge in [-0.25, -0.2) is 4.68 Å². The van der Waals surface area contributed by atoms with E-state index in [0.717, 1.165) is 19.5 Å². The molecule has 2 rings (SSSR count). The summed E-state index contributed by atoms with van der Waals surface area (Å²) >= 11 is 6.09. The number of nitrogens with zero attached hydrogens (tertiary/aromatic N) is 2. The van der Waals surface area contributed by atoms with Crippen LogP contribution in [-0.2, 0) is 0 Å². The van der Waals surface area contributed by atoms with Crippen molar-refractivity contribution in [1.82, 2.24) is 15.1 Å². The minimum absolute atomic E-state index is 0.0155. The lowest BCUT2D eigenvalue weighted by Crippen LogP contribution is -2.27. The third-order valence-corrected chi connectivity index (χ3v) is 3.77. The van der Waals surface area contributed by atoms with Gasteiger partial charge in [-0.15, -0.1) is 0 Å². The van der Waals surface area contributed by atoms with Crippen molar-refractivity contribution in [3.63, 3.8) is 0 Å². The van der Waals surface area contributed by atoms with E-state index in [1.54, 1.807) is 6.20 Å². The summed E-state index contributed by atoms with van der Waals surface area (Å²) in [7, 11) is 0. The van der Waals surface area contributed by atoms with Crippen LogP contribution in [0.1, 0.15) is 39.2 Å². The summed E-state index contributed by atoms with van der Waals surface area (Å²) < 4.78 is 1.39. The Morgan fingerprint density at radius 3 is 3.05 bits per heavy atom. The molecule has 1 aromatic heterocycles. The van der Waals surface area contributed by atoms with Gasteiger partial charge >= 0.3 is 0 Å². The summed E-state index contributed by atoms with van der Waals surface area (Å²) in [6, 6.07) is 0.594. The first-order chi connectivity index (χ1) is 9.09. The highest BCUT2D eigenvalue weighted by Crippen LogP contribution is 2.17. The molecule has 2 N–H and O–H groups in total. The molecule has 1 aromatic rings. The minimum Gasteiger partial charge on any atom is -0.382 e. The van der Waals surface area contributed by atoms with Crippen molar-refractivity contribution in [3.8, 4) is 0 Å². The number of rotatable bonds is 5. The van der Waals surface area contributed by atoms with E-state index in [1.807, 2.05) is 13.8 Å². The molecule has 0 bridgehead atoms. The summed E-state index contributed by atoms with van der Waals surface area (Å²) in [5.41, 5.74) is 0.391. The van der Waals surface area contributed by atoms with Crippen LogP contribution < -0.4 is 16.2 Å². The molecular formula is C13H21ClN4O. The number of aromatic nitrogens is 2. The van der Waals surface area contributed by atoms with Gasteiger partial charge in [0.1, 0.15) is 5.02 Å². The fourth-order valence-electron chi connectivity index (χ4n) is 2.32. The second kappa shape index (κ2) is 6.39. The summed E-state index contributed by atoms with van der Waals surface area (Å²) in [4.78, 5) is 12.0. The molecule has 19 heavy (non-hydrogen) atoms. The van der Waals surface area contributed by atoms with Crippen LogP contribution in [0.15, 0.2) is 11.0 Å². The van der Waals surface area contributed by atoms with E-state index in [0.29, 0.717) is 11.7 Å². The van der Waals surface area contributed by atoms with Crippen molar-refractivity contribution < 1.29 is 0 Å². The fourth-order valence-corrected chi connectivity index (χ4v) is 2.52. The van der Waals surface area contributed by atoms with Gasteiger partial charge in [0.15, 0.2) is 0 Å². The van der Waals surface area contributed by atoms with Crippen molar-refractivity contribution in [1.29, 1.82) is 0 Å². The third kappa shape index (κ3) is 3.48. The minimum atomic E-state index is -0.236. The molecule has 1 aliphatic heterocycles. The molecule has 0 radical (unpaired) electrons. The van der Waals surface area contributed by atoms with E-state index in [1.165, 1.54) is 17.5 Å². The summed E-state index contributed by atoms with van der Waals surface area (Å²) in [6.45, 7) is 5.72. The van der Waals surface area contributed by atoms with Gasteiger partial charge < -0.3 is 10.6 Å². The monoisotopic (exact) mass is 284 g/mol. The van der Waals surface area contributed by atoms with Crippen molar-refractivity contribution >= 4 is 17.3 Å². The maximum atomic E-state index is 12.0. The highest BCUT2D eigenvalue weighted by atomic mass is 35.5. The zero-order chi connectivity index (χ0) is 13.8. The van der Waals surface area contributed by atoms with Crippen LogP contribution in [-0.4, -0.2) is 28.9 Å². The lowest BCUT2D eigenvalue weighted by atomic mass is 10.1. The van der Waals surface area contributed by atoms with Gasteiger partial charge in [0.05, 0.1) is 17.9 Å². The van der Waals surface area contributed by atoms with Crippen LogP contribution in [0.3, 0.4) is 0 Å². The Bertz CT molecular complexity index is 480. The van der Waals surface area contributed by atoms with Crippen LogP contribution in [0.4, 0.5) is 5.69 Å². The van der Waals surface area contributed by atoms with Gasteiger partial charge in [0.25, 0.3) is 5.56 Å². The molecule has 2 heterocycles. The van der Waals surface area contributed by atoms with Crippen molar-refractivity contribution in [2.75, 3.05) is 18.4 Å². The molecule has 0 amide bonds. The largest absolute Gasteiger partial charge is 0.382 e. The zero-order valence-corrected chi connectivity index (χ0v) is 12.2. The van der Waals surface area contributed by atoms with Crippen LogP contribution in [0, 0.1) is 0 Å². The second-order valence-electron chi connectivity index (χ2n) is 5.22. The van der Waals surface area contributed by atoms with E-state index in [2.05, 4.69) is 15.7 Å². The third-order valence-electron chi connectivity index (χ3n) is 3.40. The molecule has 6 heteroatoms. The van der Waals surface area contributed by atoms with Gasteiger partial charge in [-0.3, -0.25) is 4.79 Å². The van der Waals surface area contributed by atoms with E-state index >= 15 is 0 Å². The second-order valence-corrected chi connectivity index (χ2v) is 5.60. The Labute approximate surface area is 118 Å². The quantitative estimate of drug-likeness (QED) is 0.869. The molecule has 5 nitrogen and oxygen atoms in total. The summed E-state index contributed by atoms with van der Waals surface area (Å²) in [6.07, 6.45) is 5.13. The highest BCUT2D eigenvalue weighted by molar-refractivity contribution is 6.32. The Hall–Kier alpha value is -1.07. The Balaban J connectivity index is 1.97. The Morgan fingerprint density at radius 1 is 1.63 bits per heavy atom. The Morgan fingerprint density at radius 2 is 2.42 bits per heavy atom. The van der Waals surface area contributed by atoms with E-state index in [-0.39, 0.29) is 16.6 Å². The predicted molar refractivity (Wildman–Crippen MR) is 78.0 cm³/mol. The lowest BCUT2D eigenvalue weighted by molar-refractivity contribution is 0.503. The van der Waals surface area contributed by atoms with Gasteiger partial charge in [-0.1, -0.05) is 11.6 Å². The van der Waals surface area contributed by atoms with E-state index < -0.39 is 0 Å². The summed E-state index contributed by atoms with van der Waals surface area (Å²) in [5.74, 6) is 0. The van der Waals surface area contributed by atoms with Gasteiger partial charge in [-0.05, 0) is 39.7 Å². The number of hydrogen-bond donors (Lipinski definition) is 2. The maximum Gasteiger partial charge on any atom is 0.287 e. The average Bonchev–Trinajstić information content (AvgIpc) is 2.87. The first-order valence-corrected chi connectivity index (χ1v) is 7.22. The molecule has 106 valence electrons. The van der Waals surface area contributed by atoms with Gasteiger partial charge in [-0.2, -0.15) is 5.10 Å². The highest BCUT2D eigenvalue weighted by Gasteiger charge is 2.14. The Kier molecular flexibility index (Phi) is 4.82. The summed E-state index contributed by atoms with van der Waals surface area (Å²) in [5, 5.41) is 11.0. The zero-order valence-electron chi connectivity index (χ0n) is 11.4. The number of halogens is 1. The number of anilines is 1. The number of hydrogen-bond acceptors (Lipinski definition) is 4. The van der Waals surface area contributed by atoms with Gasteiger partial charge in [0, 0.05) is 12.6 Å². The van der Waals surface area contributed by atoms with Crippen molar-refractivity contribution in [3.05, 3.63) is 21.6 Å². The maximum absolute atomic E-state index is 12.0. The molecule has 0 saturated carbocycles. The number of nitrogens with one attached hydrogen (secondary N) is 2. The van der Waals surface area contributed by atoms with Crippen molar-refractivity contribution in [2.24, 2.45) is 0 Å². The van der Waals surface area contributed by atoms with Crippen LogP contribution in [0.5, 0.6) is 0 Å². The SMILES string of the molecule is CC(C)n1ncc(NCCC2CCCN2)c(Cl)c1=O. The average molecular weight is 285 g/mol. The molecule has 0 aromatic carbocycles. The molecule has 0 spiro atoms. The smallest absolute Gasteiger partial charge is 0.287 e. The first-order valence-electron chi connectivity index (χ1n) is 6.84. The van der Waals surface area contributed by atoms with Crippen molar-refractivity contribution in [2.45, 2.75) is 45.2 Å². The molecule has 1 atom stereocenters. The van der Waals surface area contributed by atoms with Crippen LogP contribution in [0.2, 0.25) is 5.02 Å². The predicted octanol–water partition coefficient (Wildman–Crippen LogP) is 2.03. The van der Waals surface area contributed by atoms with E-state index in [4.69, 9.17) is 11.6 Å². The standard InChI is InChI=1S/C13H21ClN4O/c1-9(2)18-13(19)12(14)11(8-17-18)16-7-5-10-4-3-6-15-10/h8-10,15-16H,3-7H2,1-2H3. The molecule has 1 fully saturated rings. The van der Waals surface area contributed by atoms with Crippen LogP contribution >= 0.6 is 11.6 Å². The molecule has 1 unspecified atom stereocenters. The topological polar surface area (TPSA) is 59.0 Å². The molecular weight excluding hydrogens is 264 g/mol. The molecule has 1 aliphatic rings. The first kappa shape index (κ1) is 14.3. The fraction of sp³-hybridized carbons (Fsp3) is 0.692. The van der Waals surface area contributed by atoms with Gasteiger partial charge in [0.2, 0.25) is 0 Å². The van der Waals surface area contributed by atoms with E-state index in [9.17, 15) is 4.79 Å². The lowest BCUT2D eigenvalue weighted by Gasteiger charge is -2.14. The molecule has 1 saturated heterocycles. The van der Waals surface area contributed by atoms with Crippen LogP contribution in [0.25, 0.3) is 0 Å². The normalized spacial score (nSPS) is 19.1.